The smallest absolute Gasteiger partial charge is 0.0585 e. The lowest BCUT2D eigenvalue weighted by Gasteiger charge is -2.30. The molecule has 0 saturated heterocycles. The minimum Gasteiger partial charge on any atom is -0.388 e. The molecule has 252 valence electrons. The van der Waals surface area contributed by atoms with E-state index >= 15 is 0 Å². The van der Waals surface area contributed by atoms with Crippen LogP contribution in [0.5, 0.6) is 0 Å². The third kappa shape index (κ3) is 25.3. The Hall–Kier alpha value is -1.26. The summed E-state index contributed by atoms with van der Waals surface area (Å²) >= 11 is 0. The molecule has 0 aliphatic heterocycles. The first-order valence-electron chi connectivity index (χ1n) is 17.8. The molecule has 0 aromatic heterocycles. The molecule has 0 saturated carbocycles. The van der Waals surface area contributed by atoms with Crippen LogP contribution in [0.15, 0.2) is 36.2 Å². The molecular formula is C38H79N3O. The van der Waals surface area contributed by atoms with Crippen LogP contribution in [0.2, 0.25) is 0 Å². The van der Waals surface area contributed by atoms with Gasteiger partial charge in [-0.2, -0.15) is 0 Å². The second-order valence-corrected chi connectivity index (χ2v) is 12.5. The van der Waals surface area contributed by atoms with Crippen LogP contribution in [0, 0.1) is 17.3 Å². The molecule has 0 spiro atoms. The molecule has 4 nitrogen and oxygen atoms in total. The number of allylic oxidation sites excluding steroid dienone is 3. The average Bonchev–Trinajstić information content (AvgIpc) is 2.97. The fourth-order valence-electron chi connectivity index (χ4n) is 4.97. The first kappa shape index (κ1) is 45.2. The van der Waals surface area contributed by atoms with Crippen molar-refractivity contribution in [2.24, 2.45) is 17.3 Å². The van der Waals surface area contributed by atoms with Crippen LogP contribution in [-0.2, 0) is 4.74 Å². The van der Waals surface area contributed by atoms with Gasteiger partial charge in [-0.3, -0.25) is 0 Å². The highest BCUT2D eigenvalue weighted by molar-refractivity contribution is 5.20. The van der Waals surface area contributed by atoms with E-state index in [0.29, 0.717) is 17.4 Å². The molecule has 0 aliphatic rings. The van der Waals surface area contributed by atoms with Crippen molar-refractivity contribution in [3.8, 4) is 0 Å². The van der Waals surface area contributed by atoms with Gasteiger partial charge in [-0.1, -0.05) is 108 Å². The minimum absolute atomic E-state index is 0.324. The lowest BCUT2D eigenvalue weighted by molar-refractivity contribution is 0.0927. The van der Waals surface area contributed by atoms with E-state index in [1.807, 2.05) is 27.7 Å². The summed E-state index contributed by atoms with van der Waals surface area (Å²) in [5, 5.41) is 3.50. The quantitative estimate of drug-likeness (QED) is 0.119. The predicted octanol–water partition coefficient (Wildman–Crippen LogP) is 10.7. The molecule has 0 radical (unpaired) electrons. The van der Waals surface area contributed by atoms with Crippen LogP contribution < -0.4 is 5.32 Å². The van der Waals surface area contributed by atoms with Crippen molar-refractivity contribution in [3.63, 3.8) is 0 Å². The largest absolute Gasteiger partial charge is 0.388 e. The number of nitrogens with zero attached hydrogens (tertiary/aromatic N) is 2. The van der Waals surface area contributed by atoms with Gasteiger partial charge in [0.1, 0.15) is 0 Å². The van der Waals surface area contributed by atoms with Gasteiger partial charge < -0.3 is 19.9 Å². The van der Waals surface area contributed by atoms with Gasteiger partial charge in [-0.05, 0) is 82.4 Å². The highest BCUT2D eigenvalue weighted by Crippen LogP contribution is 2.31. The van der Waals surface area contributed by atoms with Gasteiger partial charge in [0.2, 0.25) is 0 Å². The lowest BCUT2D eigenvalue weighted by Crippen LogP contribution is -2.33. The van der Waals surface area contributed by atoms with Crippen LogP contribution in [0.1, 0.15) is 141 Å². The van der Waals surface area contributed by atoms with E-state index in [4.69, 9.17) is 4.74 Å². The molecule has 0 aliphatic carbocycles. The third-order valence-electron chi connectivity index (χ3n) is 7.76. The van der Waals surface area contributed by atoms with Crippen molar-refractivity contribution in [1.29, 1.82) is 0 Å². The van der Waals surface area contributed by atoms with Crippen molar-refractivity contribution in [2.75, 3.05) is 46.9 Å². The molecule has 0 fully saturated rings. The monoisotopic (exact) mass is 594 g/mol. The molecular weight excluding hydrogens is 514 g/mol. The molecule has 3 unspecified atom stereocenters. The number of unbranched alkanes of at least 4 members (excludes halogenated alkanes) is 1. The molecule has 1 N–H and O–H groups in total. The third-order valence-corrected chi connectivity index (χ3v) is 7.76. The maximum atomic E-state index is 5.50. The van der Waals surface area contributed by atoms with Gasteiger partial charge in [0.15, 0.2) is 0 Å². The van der Waals surface area contributed by atoms with Crippen LogP contribution in [0.4, 0.5) is 0 Å². The number of ether oxygens (including phenoxy) is 1. The first-order chi connectivity index (χ1) is 20.0. The summed E-state index contributed by atoms with van der Waals surface area (Å²) in [7, 11) is 4.05. The zero-order valence-corrected chi connectivity index (χ0v) is 31.4. The Morgan fingerprint density at radius 3 is 2.07 bits per heavy atom. The number of hydrogen-bond acceptors (Lipinski definition) is 4. The summed E-state index contributed by atoms with van der Waals surface area (Å²) in [5.74, 6) is 1.30. The molecule has 0 aromatic rings. The van der Waals surface area contributed by atoms with E-state index in [2.05, 4.69) is 102 Å². The van der Waals surface area contributed by atoms with Crippen molar-refractivity contribution in [2.45, 2.75) is 147 Å². The van der Waals surface area contributed by atoms with Gasteiger partial charge in [0.05, 0.1) is 6.10 Å². The van der Waals surface area contributed by atoms with Gasteiger partial charge >= 0.3 is 0 Å². The van der Waals surface area contributed by atoms with Gasteiger partial charge in [0, 0.05) is 51.1 Å². The van der Waals surface area contributed by atoms with E-state index in [9.17, 15) is 0 Å². The Morgan fingerprint density at radius 2 is 1.57 bits per heavy atom. The second-order valence-electron chi connectivity index (χ2n) is 12.5. The highest BCUT2D eigenvalue weighted by atomic mass is 16.5. The van der Waals surface area contributed by atoms with E-state index in [0.717, 1.165) is 63.6 Å². The average molecular weight is 594 g/mol. The summed E-state index contributed by atoms with van der Waals surface area (Å²) in [6.07, 6.45) is 18.2. The molecule has 0 bridgehead atoms. The molecule has 0 rings (SSSR count). The molecule has 0 aromatic carbocycles. The summed E-state index contributed by atoms with van der Waals surface area (Å²) in [4.78, 5) is 5.02. The summed E-state index contributed by atoms with van der Waals surface area (Å²) in [5.41, 5.74) is 2.85. The van der Waals surface area contributed by atoms with E-state index in [1.54, 1.807) is 7.11 Å². The Morgan fingerprint density at radius 1 is 0.929 bits per heavy atom. The standard InChI is InChI=1S/C34H67N3O.2C2H6/c1-12-16-19-31(21-23-34(7,8)9)29(5)28-32(37(15-4)27-26-36(10)25-13-2)20-17-18-30(6)35-24-22-33(14-3)38-11;2*1-2/h17,20,28-29,31,33,35H,6,12-16,18-19,21-27H2,1-5,7-11H3;2*1-2H3/b20-17-,32-28?;;. The summed E-state index contributed by atoms with van der Waals surface area (Å²) in [6, 6.07) is 0. The van der Waals surface area contributed by atoms with Crippen molar-refractivity contribution >= 4 is 0 Å². The summed E-state index contributed by atoms with van der Waals surface area (Å²) in [6.45, 7) is 36.2. The highest BCUT2D eigenvalue weighted by Gasteiger charge is 2.20. The van der Waals surface area contributed by atoms with Crippen molar-refractivity contribution in [1.82, 2.24) is 15.1 Å². The SMILES string of the molecule is C=C(C/C=C\C(=CC(C)C(CCCC)CCC(C)(C)C)N(CC)CCN(C)CCC)NCCC(CC)OC.CC.CC. The maximum absolute atomic E-state index is 5.50. The van der Waals surface area contributed by atoms with Gasteiger partial charge in [-0.15, -0.1) is 0 Å². The van der Waals surface area contributed by atoms with Crippen LogP contribution in [-0.4, -0.2) is 62.8 Å². The number of rotatable bonds is 23. The molecule has 42 heavy (non-hydrogen) atoms. The van der Waals surface area contributed by atoms with E-state index in [1.165, 1.54) is 44.2 Å². The second kappa shape index (κ2) is 29.8. The number of likely N-dealkylation sites (N-methyl/N-ethyl adjacent to an activating group) is 2. The van der Waals surface area contributed by atoms with Crippen molar-refractivity contribution < 1.29 is 4.74 Å². The Labute approximate surface area is 266 Å². The summed E-state index contributed by atoms with van der Waals surface area (Å²) < 4.78 is 5.50. The Bertz CT molecular complexity index is 645. The van der Waals surface area contributed by atoms with Gasteiger partial charge in [-0.25, -0.2) is 0 Å². The fourth-order valence-corrected chi connectivity index (χ4v) is 4.97. The predicted molar refractivity (Wildman–Crippen MR) is 193 cm³/mol. The zero-order valence-electron chi connectivity index (χ0n) is 31.4. The van der Waals surface area contributed by atoms with Crippen LogP contribution in [0.3, 0.4) is 0 Å². The first-order valence-corrected chi connectivity index (χ1v) is 17.8. The van der Waals surface area contributed by atoms with E-state index in [-0.39, 0.29) is 0 Å². The normalized spacial score (nSPS) is 14.0. The van der Waals surface area contributed by atoms with Crippen LogP contribution >= 0.6 is 0 Å². The maximum Gasteiger partial charge on any atom is 0.0585 e. The number of methoxy groups -OCH3 is 1. The fraction of sp³-hybridized carbons (Fsp3) is 0.842. The molecule has 0 amide bonds. The minimum atomic E-state index is 0.324. The number of nitrogens with one attached hydrogen (secondary N) is 1. The van der Waals surface area contributed by atoms with Gasteiger partial charge in [0.25, 0.3) is 0 Å². The number of hydrogen-bond donors (Lipinski definition) is 1. The zero-order chi connectivity index (χ0) is 33.0. The molecule has 4 heteroatoms. The van der Waals surface area contributed by atoms with E-state index < -0.39 is 0 Å². The Kier molecular flexibility index (Phi) is 32.0. The topological polar surface area (TPSA) is 27.7 Å². The van der Waals surface area contributed by atoms with Crippen molar-refractivity contribution in [3.05, 3.63) is 36.2 Å². The van der Waals surface area contributed by atoms with Crippen LogP contribution in [0.25, 0.3) is 0 Å². The molecule has 0 heterocycles. The molecule has 3 atom stereocenters. The Balaban J connectivity index is -0.00000363. The lowest BCUT2D eigenvalue weighted by atomic mass is 9.79.